The van der Waals surface area contributed by atoms with E-state index in [1.54, 1.807) is 0 Å². The molecule has 2 aliphatic rings. The van der Waals surface area contributed by atoms with E-state index in [2.05, 4.69) is 10.2 Å². The lowest BCUT2D eigenvalue weighted by Crippen LogP contribution is -2.29. The summed E-state index contributed by atoms with van der Waals surface area (Å²) in [5.74, 6) is -0.480. The molecule has 1 aromatic carbocycles. The number of hydrogen-bond acceptors (Lipinski definition) is 5. The number of rotatable bonds is 5. The molecule has 1 amide bonds. The van der Waals surface area contributed by atoms with E-state index in [1.165, 1.54) is 35.7 Å². The smallest absolute Gasteiger partial charge is 0.291 e. The van der Waals surface area contributed by atoms with Gasteiger partial charge >= 0.3 is 0 Å². The summed E-state index contributed by atoms with van der Waals surface area (Å²) < 4.78 is 31.8. The van der Waals surface area contributed by atoms with Crippen molar-refractivity contribution in [3.8, 4) is 0 Å². The molecule has 150 valence electrons. The summed E-state index contributed by atoms with van der Waals surface area (Å²) in [7, 11) is -3.66. The second-order valence-electron chi connectivity index (χ2n) is 7.28. The Bertz CT molecular complexity index is 925. The van der Waals surface area contributed by atoms with E-state index in [-0.39, 0.29) is 10.9 Å². The van der Waals surface area contributed by atoms with Crippen LogP contribution in [0.25, 0.3) is 0 Å². The fourth-order valence-electron chi connectivity index (χ4n) is 3.74. The number of sulfonamides is 1. The van der Waals surface area contributed by atoms with Crippen LogP contribution >= 0.6 is 0 Å². The standard InChI is InChI=1S/C20H25N3O4S/c24-20(18-10-11-19(27-18)28(25,26)23-14-4-5-15-23)21-16-6-8-17(9-7-16)22-12-2-1-3-13-22/h6-11H,1-5,12-15H2,(H,21,24). The molecule has 0 unspecified atom stereocenters. The maximum absolute atomic E-state index is 12.5. The first kappa shape index (κ1) is 19.0. The quantitative estimate of drug-likeness (QED) is 0.828. The topological polar surface area (TPSA) is 82.9 Å². The first-order chi connectivity index (χ1) is 13.5. The van der Waals surface area contributed by atoms with Gasteiger partial charge in [0, 0.05) is 37.6 Å². The largest absolute Gasteiger partial charge is 0.438 e. The van der Waals surface area contributed by atoms with Crippen molar-refractivity contribution in [1.82, 2.24) is 4.31 Å². The zero-order valence-corrected chi connectivity index (χ0v) is 16.6. The van der Waals surface area contributed by atoms with Gasteiger partial charge in [-0.15, -0.1) is 0 Å². The molecule has 0 spiro atoms. The third-order valence-electron chi connectivity index (χ3n) is 5.31. The van der Waals surface area contributed by atoms with Gasteiger partial charge in [-0.2, -0.15) is 4.31 Å². The Morgan fingerprint density at radius 2 is 1.50 bits per heavy atom. The van der Waals surface area contributed by atoms with Crippen molar-refractivity contribution >= 4 is 27.3 Å². The van der Waals surface area contributed by atoms with Crippen LogP contribution in [0.4, 0.5) is 11.4 Å². The number of piperidine rings is 1. The van der Waals surface area contributed by atoms with Gasteiger partial charge in [0.05, 0.1) is 0 Å². The van der Waals surface area contributed by atoms with E-state index in [0.717, 1.165) is 31.6 Å². The Morgan fingerprint density at radius 1 is 0.857 bits per heavy atom. The van der Waals surface area contributed by atoms with Gasteiger partial charge < -0.3 is 14.6 Å². The van der Waals surface area contributed by atoms with Crippen LogP contribution in [0.2, 0.25) is 0 Å². The summed E-state index contributed by atoms with van der Waals surface area (Å²) in [6, 6.07) is 10.4. The van der Waals surface area contributed by atoms with Crippen molar-refractivity contribution in [3.63, 3.8) is 0 Å². The zero-order chi connectivity index (χ0) is 19.6. The van der Waals surface area contributed by atoms with Crippen LogP contribution in [-0.4, -0.2) is 44.8 Å². The highest BCUT2D eigenvalue weighted by molar-refractivity contribution is 7.89. The van der Waals surface area contributed by atoms with Crippen LogP contribution < -0.4 is 10.2 Å². The molecule has 28 heavy (non-hydrogen) atoms. The molecule has 2 saturated heterocycles. The predicted octanol–water partition coefficient (Wildman–Crippen LogP) is 3.31. The van der Waals surface area contributed by atoms with E-state index < -0.39 is 15.9 Å². The highest BCUT2D eigenvalue weighted by Crippen LogP contribution is 2.24. The lowest BCUT2D eigenvalue weighted by atomic mass is 10.1. The molecule has 0 bridgehead atoms. The highest BCUT2D eigenvalue weighted by atomic mass is 32.2. The van der Waals surface area contributed by atoms with Gasteiger partial charge in [-0.05, 0) is 68.5 Å². The minimum absolute atomic E-state index is 0.0159. The molecule has 0 radical (unpaired) electrons. The van der Waals surface area contributed by atoms with Crippen LogP contribution in [0.1, 0.15) is 42.7 Å². The first-order valence-corrected chi connectivity index (χ1v) is 11.2. The monoisotopic (exact) mass is 403 g/mol. The van der Waals surface area contributed by atoms with Crippen molar-refractivity contribution in [3.05, 3.63) is 42.2 Å². The molecule has 3 heterocycles. The Morgan fingerprint density at radius 3 is 2.18 bits per heavy atom. The summed E-state index contributed by atoms with van der Waals surface area (Å²) >= 11 is 0. The molecular weight excluding hydrogens is 378 g/mol. The second-order valence-corrected chi connectivity index (χ2v) is 9.15. The van der Waals surface area contributed by atoms with Crippen molar-refractivity contribution in [2.45, 2.75) is 37.2 Å². The summed E-state index contributed by atoms with van der Waals surface area (Å²) in [5, 5.41) is 2.58. The van der Waals surface area contributed by atoms with Gasteiger partial charge in [-0.1, -0.05) is 0 Å². The number of anilines is 2. The van der Waals surface area contributed by atoms with Gasteiger partial charge in [-0.3, -0.25) is 4.79 Å². The van der Waals surface area contributed by atoms with Crippen LogP contribution in [-0.2, 0) is 10.0 Å². The summed E-state index contributed by atoms with van der Waals surface area (Å²) in [5.41, 5.74) is 1.79. The van der Waals surface area contributed by atoms with E-state index >= 15 is 0 Å². The number of hydrogen-bond donors (Lipinski definition) is 1. The van der Waals surface area contributed by atoms with Crippen molar-refractivity contribution in [1.29, 1.82) is 0 Å². The van der Waals surface area contributed by atoms with Gasteiger partial charge in [-0.25, -0.2) is 8.42 Å². The number of nitrogens with zero attached hydrogens (tertiary/aromatic N) is 2. The molecule has 2 aromatic rings. The average molecular weight is 404 g/mol. The molecule has 1 N–H and O–H groups in total. The van der Waals surface area contributed by atoms with E-state index in [0.29, 0.717) is 18.8 Å². The third-order valence-corrected chi connectivity index (χ3v) is 7.08. The van der Waals surface area contributed by atoms with Crippen LogP contribution in [0.15, 0.2) is 45.9 Å². The van der Waals surface area contributed by atoms with Gasteiger partial charge in [0.25, 0.3) is 15.9 Å². The highest BCUT2D eigenvalue weighted by Gasteiger charge is 2.30. The number of amides is 1. The van der Waals surface area contributed by atoms with Crippen molar-refractivity contribution < 1.29 is 17.6 Å². The summed E-state index contributed by atoms with van der Waals surface area (Å²) in [6.45, 7) is 3.11. The van der Waals surface area contributed by atoms with Gasteiger partial charge in [0.2, 0.25) is 5.09 Å². The fraction of sp³-hybridized carbons (Fsp3) is 0.450. The second kappa shape index (κ2) is 7.97. The van der Waals surface area contributed by atoms with Gasteiger partial charge in [0.15, 0.2) is 5.76 Å². The van der Waals surface area contributed by atoms with E-state index in [9.17, 15) is 13.2 Å². The van der Waals surface area contributed by atoms with Crippen molar-refractivity contribution in [2.75, 3.05) is 36.4 Å². The number of benzene rings is 1. The minimum atomic E-state index is -3.66. The maximum Gasteiger partial charge on any atom is 0.291 e. The molecule has 1 aromatic heterocycles. The SMILES string of the molecule is O=C(Nc1ccc(N2CCCCC2)cc1)c1ccc(S(=O)(=O)N2CCCC2)o1. The van der Waals surface area contributed by atoms with Crippen LogP contribution in [0, 0.1) is 0 Å². The number of carbonyl (C=O) groups is 1. The zero-order valence-electron chi connectivity index (χ0n) is 15.8. The molecule has 2 aliphatic heterocycles. The Labute approximate surface area is 165 Å². The fourth-order valence-corrected chi connectivity index (χ4v) is 5.17. The summed E-state index contributed by atoms with van der Waals surface area (Å²) in [6.07, 6.45) is 5.39. The normalized spacial score (nSPS) is 18.4. The van der Waals surface area contributed by atoms with E-state index in [4.69, 9.17) is 4.42 Å². The number of carbonyl (C=O) groups excluding carboxylic acids is 1. The third kappa shape index (κ3) is 3.93. The molecular formula is C20H25N3O4S. The maximum atomic E-state index is 12.5. The van der Waals surface area contributed by atoms with Crippen LogP contribution in [0.3, 0.4) is 0 Å². The van der Waals surface area contributed by atoms with Gasteiger partial charge in [0.1, 0.15) is 0 Å². The van der Waals surface area contributed by atoms with Crippen molar-refractivity contribution in [2.24, 2.45) is 0 Å². The molecule has 0 aliphatic carbocycles. The average Bonchev–Trinajstić information content (AvgIpc) is 3.42. The van der Waals surface area contributed by atoms with E-state index in [1.807, 2.05) is 24.3 Å². The molecule has 0 saturated carbocycles. The molecule has 2 fully saturated rings. The molecule has 8 heteroatoms. The number of nitrogens with one attached hydrogen (secondary N) is 1. The minimum Gasteiger partial charge on any atom is -0.438 e. The molecule has 7 nitrogen and oxygen atoms in total. The predicted molar refractivity (Wildman–Crippen MR) is 107 cm³/mol. The Hall–Kier alpha value is -2.32. The Kier molecular flexibility index (Phi) is 5.41. The number of furan rings is 1. The van der Waals surface area contributed by atoms with Crippen LogP contribution in [0.5, 0.6) is 0 Å². The first-order valence-electron chi connectivity index (χ1n) is 9.80. The summed E-state index contributed by atoms with van der Waals surface area (Å²) in [4.78, 5) is 14.8. The lowest BCUT2D eigenvalue weighted by Gasteiger charge is -2.28. The molecule has 4 rings (SSSR count). The Balaban J connectivity index is 1.42. The lowest BCUT2D eigenvalue weighted by molar-refractivity contribution is 0.0991. The molecule has 0 atom stereocenters.